The topological polar surface area (TPSA) is 82.8 Å². The minimum absolute atomic E-state index is 0.00833. The van der Waals surface area contributed by atoms with Crippen molar-refractivity contribution in [1.82, 2.24) is 9.47 Å². The highest BCUT2D eigenvalue weighted by Gasteiger charge is 2.24. The average molecular weight is 266 g/mol. The van der Waals surface area contributed by atoms with E-state index in [-0.39, 0.29) is 17.4 Å². The molecule has 0 atom stereocenters. The Morgan fingerprint density at radius 2 is 2.05 bits per heavy atom. The van der Waals surface area contributed by atoms with Crippen molar-refractivity contribution in [3.05, 3.63) is 28.2 Å². The molecule has 1 amide bonds. The molecule has 19 heavy (non-hydrogen) atoms. The molecule has 0 radical (unpaired) electrons. The number of hydrogen-bond acceptors (Lipinski definition) is 3. The van der Waals surface area contributed by atoms with Crippen LogP contribution in [0.2, 0.25) is 0 Å². The summed E-state index contributed by atoms with van der Waals surface area (Å²) in [6.45, 7) is 2.71. The Hall–Kier alpha value is -1.98. The molecule has 0 aliphatic carbocycles. The first-order valence-electron chi connectivity index (χ1n) is 6.45. The molecule has 1 fully saturated rings. The first kappa shape index (κ1) is 13.5. The molecule has 2 rings (SSSR count). The molecular weight excluding hydrogens is 248 g/mol. The third-order valence-corrected chi connectivity index (χ3v) is 3.68. The van der Waals surface area contributed by atoms with Gasteiger partial charge in [0.15, 0.2) is 0 Å². The van der Waals surface area contributed by atoms with E-state index in [1.165, 1.54) is 11.0 Å². The van der Waals surface area contributed by atoms with Crippen molar-refractivity contribution in [2.75, 3.05) is 13.1 Å². The zero-order chi connectivity index (χ0) is 14.0. The summed E-state index contributed by atoms with van der Waals surface area (Å²) in [5, 5.41) is 18.5. The summed E-state index contributed by atoms with van der Waals surface area (Å²) < 4.78 is 1.62. The van der Waals surface area contributed by atoms with Crippen LogP contribution in [-0.4, -0.2) is 38.9 Å². The summed E-state index contributed by atoms with van der Waals surface area (Å²) in [7, 11) is 0. The molecule has 0 bridgehead atoms. The maximum Gasteiger partial charge on any atom is 0.407 e. The number of nitrogens with zero attached hydrogens (tertiary/aromatic N) is 2. The van der Waals surface area contributed by atoms with Gasteiger partial charge in [0.1, 0.15) is 5.75 Å². The molecule has 6 heteroatoms. The number of carboxylic acid groups (broad SMARTS) is 1. The van der Waals surface area contributed by atoms with Crippen molar-refractivity contribution in [1.29, 1.82) is 0 Å². The van der Waals surface area contributed by atoms with E-state index in [0.29, 0.717) is 37.9 Å². The Morgan fingerprint density at radius 3 is 2.58 bits per heavy atom. The second-order valence-corrected chi connectivity index (χ2v) is 4.75. The maximum atomic E-state index is 12.2. The SMILES string of the molecule is CCc1c(O)ccn(C2CCN(C(=O)O)CC2)c1=O. The number of carbonyl (C=O) groups is 1. The van der Waals surface area contributed by atoms with Crippen LogP contribution in [0.25, 0.3) is 0 Å². The molecule has 0 saturated carbocycles. The summed E-state index contributed by atoms with van der Waals surface area (Å²) in [5.41, 5.74) is 0.249. The minimum Gasteiger partial charge on any atom is -0.507 e. The lowest BCUT2D eigenvalue weighted by atomic mass is 10.0. The first-order valence-corrected chi connectivity index (χ1v) is 6.45. The fraction of sp³-hybridized carbons (Fsp3) is 0.538. The van der Waals surface area contributed by atoms with Gasteiger partial charge < -0.3 is 19.7 Å². The highest BCUT2D eigenvalue weighted by Crippen LogP contribution is 2.22. The molecule has 1 saturated heterocycles. The lowest BCUT2D eigenvalue weighted by molar-refractivity contribution is 0.125. The van der Waals surface area contributed by atoms with E-state index < -0.39 is 6.09 Å². The number of aromatic nitrogens is 1. The van der Waals surface area contributed by atoms with Gasteiger partial charge in [-0.2, -0.15) is 0 Å². The van der Waals surface area contributed by atoms with Crippen LogP contribution < -0.4 is 5.56 Å². The van der Waals surface area contributed by atoms with E-state index in [0.717, 1.165) is 0 Å². The van der Waals surface area contributed by atoms with Crippen LogP contribution in [0.5, 0.6) is 5.75 Å². The van der Waals surface area contributed by atoms with Crippen molar-refractivity contribution in [3.63, 3.8) is 0 Å². The summed E-state index contributed by atoms with van der Waals surface area (Å²) in [4.78, 5) is 24.4. The van der Waals surface area contributed by atoms with Gasteiger partial charge in [-0.3, -0.25) is 4.79 Å². The van der Waals surface area contributed by atoms with E-state index in [1.54, 1.807) is 10.8 Å². The highest BCUT2D eigenvalue weighted by atomic mass is 16.4. The molecule has 1 aliphatic rings. The molecule has 1 aromatic rings. The van der Waals surface area contributed by atoms with Crippen LogP contribution in [0.3, 0.4) is 0 Å². The van der Waals surface area contributed by atoms with Crippen LogP contribution >= 0.6 is 0 Å². The Bertz CT molecular complexity index is 530. The van der Waals surface area contributed by atoms with Crippen LogP contribution in [0, 0.1) is 0 Å². The van der Waals surface area contributed by atoms with E-state index in [9.17, 15) is 14.7 Å². The number of piperidine rings is 1. The molecule has 2 N–H and O–H groups in total. The van der Waals surface area contributed by atoms with Crippen molar-refractivity contribution in [3.8, 4) is 5.75 Å². The van der Waals surface area contributed by atoms with Gasteiger partial charge >= 0.3 is 6.09 Å². The predicted molar refractivity (Wildman–Crippen MR) is 69.6 cm³/mol. The summed E-state index contributed by atoms with van der Waals surface area (Å²) in [6, 6.07) is 1.54. The Balaban J connectivity index is 2.21. The predicted octanol–water partition coefficient (Wildman–Crippen LogP) is 1.43. The van der Waals surface area contributed by atoms with Gasteiger partial charge in [0, 0.05) is 25.3 Å². The van der Waals surface area contributed by atoms with Crippen molar-refractivity contribution < 1.29 is 15.0 Å². The van der Waals surface area contributed by atoms with Gasteiger partial charge in [-0.15, -0.1) is 0 Å². The molecule has 1 aromatic heterocycles. The van der Waals surface area contributed by atoms with E-state index in [2.05, 4.69) is 0 Å². The van der Waals surface area contributed by atoms with Crippen LogP contribution in [0.15, 0.2) is 17.1 Å². The molecule has 2 heterocycles. The lowest BCUT2D eigenvalue weighted by Gasteiger charge is -2.31. The standard InChI is InChI=1S/C13H18N2O4/c1-2-10-11(16)5-8-15(12(10)17)9-3-6-14(7-4-9)13(18)19/h5,8-9,16H,2-4,6-7H2,1H3,(H,18,19). The monoisotopic (exact) mass is 266 g/mol. The van der Waals surface area contributed by atoms with Gasteiger partial charge in [-0.25, -0.2) is 4.79 Å². The molecule has 0 spiro atoms. The molecule has 0 aromatic carbocycles. The van der Waals surface area contributed by atoms with Crippen LogP contribution in [0.4, 0.5) is 4.79 Å². The fourth-order valence-electron chi connectivity index (χ4n) is 2.54. The van der Waals surface area contributed by atoms with Gasteiger partial charge in [-0.05, 0) is 25.3 Å². The Kier molecular flexibility index (Phi) is 3.78. The smallest absolute Gasteiger partial charge is 0.407 e. The van der Waals surface area contributed by atoms with Gasteiger partial charge in [-0.1, -0.05) is 6.92 Å². The molecule has 0 unspecified atom stereocenters. The fourth-order valence-corrected chi connectivity index (χ4v) is 2.54. The first-order chi connectivity index (χ1) is 9.04. The summed E-state index contributed by atoms with van der Waals surface area (Å²) >= 11 is 0. The van der Waals surface area contributed by atoms with E-state index in [1.807, 2.05) is 6.92 Å². The van der Waals surface area contributed by atoms with Gasteiger partial charge in [0.25, 0.3) is 5.56 Å². The second-order valence-electron chi connectivity index (χ2n) is 4.75. The quantitative estimate of drug-likeness (QED) is 0.848. The number of aromatic hydroxyl groups is 1. The Morgan fingerprint density at radius 1 is 1.42 bits per heavy atom. The van der Waals surface area contributed by atoms with Crippen molar-refractivity contribution >= 4 is 6.09 Å². The minimum atomic E-state index is -0.911. The summed E-state index contributed by atoms with van der Waals surface area (Å²) in [6.07, 6.45) is 2.42. The normalized spacial score (nSPS) is 16.6. The summed E-state index contributed by atoms with van der Waals surface area (Å²) in [5.74, 6) is 0.0340. The number of hydrogen-bond donors (Lipinski definition) is 2. The van der Waals surface area contributed by atoms with Crippen LogP contribution in [-0.2, 0) is 6.42 Å². The van der Waals surface area contributed by atoms with E-state index in [4.69, 9.17) is 5.11 Å². The molecule has 1 aliphatic heterocycles. The van der Waals surface area contributed by atoms with Crippen molar-refractivity contribution in [2.24, 2.45) is 0 Å². The number of rotatable bonds is 2. The molecule has 104 valence electrons. The van der Waals surface area contributed by atoms with Crippen LogP contribution in [0.1, 0.15) is 31.4 Å². The Labute approximate surface area is 110 Å². The second kappa shape index (κ2) is 5.34. The zero-order valence-electron chi connectivity index (χ0n) is 10.9. The molecule has 6 nitrogen and oxygen atoms in total. The third kappa shape index (κ3) is 2.57. The molecular formula is C13H18N2O4. The van der Waals surface area contributed by atoms with E-state index >= 15 is 0 Å². The number of likely N-dealkylation sites (tertiary alicyclic amines) is 1. The van der Waals surface area contributed by atoms with Gasteiger partial charge in [0.2, 0.25) is 0 Å². The lowest BCUT2D eigenvalue weighted by Crippen LogP contribution is -2.40. The van der Waals surface area contributed by atoms with Crippen molar-refractivity contribution in [2.45, 2.75) is 32.2 Å². The zero-order valence-corrected chi connectivity index (χ0v) is 10.9. The average Bonchev–Trinajstić information content (AvgIpc) is 2.39. The highest BCUT2D eigenvalue weighted by molar-refractivity contribution is 5.65. The largest absolute Gasteiger partial charge is 0.507 e. The number of amides is 1. The maximum absolute atomic E-state index is 12.2. The van der Waals surface area contributed by atoms with Gasteiger partial charge in [0.05, 0.1) is 5.56 Å². The third-order valence-electron chi connectivity index (χ3n) is 3.68. The number of pyridine rings is 1.